The number of hydrogen-bond acceptors (Lipinski definition) is 3. The second-order valence-electron chi connectivity index (χ2n) is 3.72. The topological polar surface area (TPSA) is 56.0 Å². The Hall–Kier alpha value is -0.590. The van der Waals surface area contributed by atoms with Crippen LogP contribution in [0.4, 0.5) is 0 Å². The van der Waals surface area contributed by atoms with Gasteiger partial charge in [0.05, 0.1) is 17.7 Å². The first-order chi connectivity index (χ1) is 6.05. The van der Waals surface area contributed by atoms with Crippen LogP contribution in [0.5, 0.6) is 0 Å². The van der Waals surface area contributed by atoms with Gasteiger partial charge in [0.15, 0.2) is 0 Å². The van der Waals surface area contributed by atoms with Crippen molar-refractivity contribution < 1.29 is 5.11 Å². The van der Waals surface area contributed by atoms with Crippen molar-refractivity contribution in [2.75, 3.05) is 6.54 Å². The lowest BCUT2D eigenvalue weighted by Gasteiger charge is -2.24. The van der Waals surface area contributed by atoms with Crippen LogP contribution >= 0.6 is 0 Å². The molecule has 76 valence electrons. The third kappa shape index (κ3) is 5.62. The molecule has 0 saturated heterocycles. The average Bonchev–Trinajstić information content (AvgIpc) is 2.06. The van der Waals surface area contributed by atoms with Gasteiger partial charge in [0.25, 0.3) is 0 Å². The van der Waals surface area contributed by atoms with Crippen molar-refractivity contribution in [2.24, 2.45) is 0 Å². The number of nitrogens with one attached hydrogen (secondary N) is 1. The summed E-state index contributed by atoms with van der Waals surface area (Å²) in [6.45, 7) is 6.28. The summed E-state index contributed by atoms with van der Waals surface area (Å²) in [6, 6.07) is 2.01. The zero-order chi connectivity index (χ0) is 10.3. The maximum absolute atomic E-state index is 9.78. The van der Waals surface area contributed by atoms with Gasteiger partial charge >= 0.3 is 0 Å². The van der Waals surface area contributed by atoms with Gasteiger partial charge in [0.2, 0.25) is 0 Å². The third-order valence-electron chi connectivity index (χ3n) is 2.08. The number of nitriles is 1. The predicted octanol–water partition coefficient (Wildman–Crippen LogP) is 1.43. The van der Waals surface area contributed by atoms with E-state index in [-0.39, 0.29) is 6.04 Å². The van der Waals surface area contributed by atoms with E-state index in [9.17, 15) is 5.11 Å². The minimum absolute atomic E-state index is 0.136. The highest BCUT2D eigenvalue weighted by Crippen LogP contribution is 2.10. The largest absolute Gasteiger partial charge is 0.389 e. The maximum Gasteiger partial charge on any atom is 0.0951 e. The first-order valence-electron chi connectivity index (χ1n) is 4.91. The number of aliphatic hydroxyl groups is 1. The van der Waals surface area contributed by atoms with E-state index in [2.05, 4.69) is 11.4 Å². The van der Waals surface area contributed by atoms with Gasteiger partial charge in [-0.1, -0.05) is 20.3 Å². The van der Waals surface area contributed by atoms with E-state index in [1.807, 2.05) is 13.8 Å². The fraction of sp³-hybridized carbons (Fsp3) is 0.900. The van der Waals surface area contributed by atoms with Crippen LogP contribution in [0.25, 0.3) is 0 Å². The Morgan fingerprint density at radius 1 is 1.54 bits per heavy atom. The maximum atomic E-state index is 9.78. The van der Waals surface area contributed by atoms with Gasteiger partial charge in [-0.15, -0.1) is 0 Å². The summed E-state index contributed by atoms with van der Waals surface area (Å²) in [5, 5.41) is 21.5. The Labute approximate surface area is 80.8 Å². The summed E-state index contributed by atoms with van der Waals surface area (Å²) < 4.78 is 0. The standard InChI is InChI=1S/C10H20N2O/c1-4-6-10(3,13)8-12-9(5-2)7-11/h9,12-13H,4-6,8H2,1-3H3. The normalized spacial score (nSPS) is 17.5. The Balaban J connectivity index is 3.80. The molecular weight excluding hydrogens is 164 g/mol. The molecule has 0 aromatic rings. The van der Waals surface area contributed by atoms with Crippen LogP contribution in [0.2, 0.25) is 0 Å². The van der Waals surface area contributed by atoms with Crippen LogP contribution in [0.3, 0.4) is 0 Å². The molecule has 0 heterocycles. The molecule has 3 nitrogen and oxygen atoms in total. The van der Waals surface area contributed by atoms with E-state index in [0.29, 0.717) is 6.54 Å². The zero-order valence-corrected chi connectivity index (χ0v) is 8.80. The molecule has 0 aliphatic heterocycles. The van der Waals surface area contributed by atoms with Gasteiger partial charge in [-0.2, -0.15) is 5.26 Å². The highest BCUT2D eigenvalue weighted by molar-refractivity contribution is 4.90. The summed E-state index contributed by atoms with van der Waals surface area (Å²) in [5.74, 6) is 0. The lowest BCUT2D eigenvalue weighted by molar-refractivity contribution is 0.0486. The summed E-state index contributed by atoms with van der Waals surface area (Å²) in [6.07, 6.45) is 2.50. The lowest BCUT2D eigenvalue weighted by atomic mass is 10.0. The van der Waals surface area contributed by atoms with Crippen LogP contribution in [0.1, 0.15) is 40.0 Å². The molecule has 0 spiro atoms. The summed E-state index contributed by atoms with van der Waals surface area (Å²) in [4.78, 5) is 0. The number of rotatable bonds is 6. The van der Waals surface area contributed by atoms with Crippen LogP contribution in [0, 0.1) is 11.3 Å². The molecule has 0 amide bonds. The fourth-order valence-electron chi connectivity index (χ4n) is 1.25. The van der Waals surface area contributed by atoms with Crippen molar-refractivity contribution in [1.82, 2.24) is 5.32 Å². The zero-order valence-electron chi connectivity index (χ0n) is 8.80. The SMILES string of the molecule is CCCC(C)(O)CNC(C#N)CC. The second-order valence-corrected chi connectivity index (χ2v) is 3.72. The molecule has 0 rings (SSSR count). The smallest absolute Gasteiger partial charge is 0.0951 e. The van der Waals surface area contributed by atoms with Crippen molar-refractivity contribution in [3.05, 3.63) is 0 Å². The van der Waals surface area contributed by atoms with Crippen molar-refractivity contribution in [3.8, 4) is 6.07 Å². The molecule has 0 aromatic carbocycles. The van der Waals surface area contributed by atoms with Crippen LogP contribution in [-0.2, 0) is 0 Å². The van der Waals surface area contributed by atoms with Gasteiger partial charge in [-0.05, 0) is 19.8 Å². The molecule has 0 aromatic heterocycles. The first kappa shape index (κ1) is 12.4. The molecule has 3 heteroatoms. The van der Waals surface area contributed by atoms with Crippen LogP contribution in [-0.4, -0.2) is 23.3 Å². The predicted molar refractivity (Wildman–Crippen MR) is 53.2 cm³/mol. The molecule has 0 saturated carbocycles. The van der Waals surface area contributed by atoms with Crippen molar-refractivity contribution in [3.63, 3.8) is 0 Å². The molecule has 2 atom stereocenters. The molecule has 0 aliphatic rings. The van der Waals surface area contributed by atoms with Crippen LogP contribution in [0.15, 0.2) is 0 Å². The van der Waals surface area contributed by atoms with Crippen molar-refractivity contribution in [1.29, 1.82) is 5.26 Å². The second kappa shape index (κ2) is 5.95. The van der Waals surface area contributed by atoms with E-state index < -0.39 is 5.60 Å². The summed E-state index contributed by atoms with van der Waals surface area (Å²) in [7, 11) is 0. The minimum Gasteiger partial charge on any atom is -0.389 e. The van der Waals surface area contributed by atoms with Crippen molar-refractivity contribution >= 4 is 0 Å². The number of nitrogens with zero attached hydrogens (tertiary/aromatic N) is 1. The van der Waals surface area contributed by atoms with Gasteiger partial charge < -0.3 is 5.11 Å². The molecule has 2 N–H and O–H groups in total. The molecule has 0 radical (unpaired) electrons. The number of hydrogen-bond donors (Lipinski definition) is 2. The Morgan fingerprint density at radius 3 is 2.54 bits per heavy atom. The Bertz CT molecular complexity index is 172. The molecule has 13 heavy (non-hydrogen) atoms. The molecule has 2 unspecified atom stereocenters. The summed E-state index contributed by atoms with van der Waals surface area (Å²) in [5.41, 5.74) is -0.682. The van der Waals surface area contributed by atoms with E-state index >= 15 is 0 Å². The monoisotopic (exact) mass is 184 g/mol. The summed E-state index contributed by atoms with van der Waals surface area (Å²) >= 11 is 0. The van der Waals surface area contributed by atoms with Gasteiger partial charge in [-0.25, -0.2) is 0 Å². The minimum atomic E-state index is -0.682. The third-order valence-corrected chi connectivity index (χ3v) is 2.08. The Kier molecular flexibility index (Phi) is 5.68. The van der Waals surface area contributed by atoms with Gasteiger partial charge in [-0.3, -0.25) is 5.32 Å². The van der Waals surface area contributed by atoms with Gasteiger partial charge in [0.1, 0.15) is 0 Å². The van der Waals surface area contributed by atoms with Crippen molar-refractivity contribution in [2.45, 2.75) is 51.7 Å². The molecule has 0 aliphatic carbocycles. The molecular formula is C10H20N2O. The van der Waals surface area contributed by atoms with E-state index in [0.717, 1.165) is 19.3 Å². The highest BCUT2D eigenvalue weighted by Gasteiger charge is 2.19. The fourth-order valence-corrected chi connectivity index (χ4v) is 1.25. The van der Waals surface area contributed by atoms with Gasteiger partial charge in [0, 0.05) is 6.54 Å². The van der Waals surface area contributed by atoms with E-state index in [1.165, 1.54) is 0 Å². The molecule has 0 fully saturated rings. The van der Waals surface area contributed by atoms with E-state index in [4.69, 9.17) is 5.26 Å². The Morgan fingerprint density at radius 2 is 2.15 bits per heavy atom. The molecule has 0 bridgehead atoms. The van der Waals surface area contributed by atoms with Crippen LogP contribution < -0.4 is 5.32 Å². The first-order valence-corrected chi connectivity index (χ1v) is 4.91. The average molecular weight is 184 g/mol. The quantitative estimate of drug-likeness (QED) is 0.656. The van der Waals surface area contributed by atoms with E-state index in [1.54, 1.807) is 6.92 Å². The highest BCUT2D eigenvalue weighted by atomic mass is 16.3. The lowest BCUT2D eigenvalue weighted by Crippen LogP contribution is -2.41.